The molecular formula is C12H10N3O3+. The minimum absolute atomic E-state index is 0.0136. The predicted molar refractivity (Wildman–Crippen MR) is 64.2 cm³/mol. The Balaban J connectivity index is 2.10. The third-order valence-corrected chi connectivity index (χ3v) is 2.28. The number of nitrogens with one attached hydrogen (secondary N) is 1. The predicted octanol–water partition coefficient (Wildman–Crippen LogP) is 1.96. The number of nitro groups is 1. The minimum Gasteiger partial charge on any atom is -0.258 e. The van der Waals surface area contributed by atoms with Gasteiger partial charge in [0.15, 0.2) is 0 Å². The van der Waals surface area contributed by atoms with Gasteiger partial charge in [0, 0.05) is 12.1 Å². The van der Waals surface area contributed by atoms with E-state index < -0.39 is 4.92 Å². The fourth-order valence-corrected chi connectivity index (χ4v) is 1.39. The summed E-state index contributed by atoms with van der Waals surface area (Å²) >= 11 is 0. The van der Waals surface area contributed by atoms with E-state index in [0.717, 1.165) is 0 Å². The van der Waals surface area contributed by atoms with E-state index in [4.69, 9.17) is 0 Å². The molecule has 0 spiro atoms. The second-order valence-electron chi connectivity index (χ2n) is 3.52. The van der Waals surface area contributed by atoms with Gasteiger partial charge in [0.25, 0.3) is 5.69 Å². The van der Waals surface area contributed by atoms with E-state index in [1.54, 1.807) is 30.6 Å². The first-order chi connectivity index (χ1) is 8.66. The number of nitrogens with zero attached hydrogens (tertiary/aromatic N) is 2. The van der Waals surface area contributed by atoms with E-state index in [1.165, 1.54) is 28.8 Å². The number of hydrogen-bond acceptors (Lipinski definition) is 3. The molecule has 0 bridgehead atoms. The van der Waals surface area contributed by atoms with Crippen molar-refractivity contribution in [1.29, 1.82) is 0 Å². The Morgan fingerprint density at radius 3 is 2.28 bits per heavy atom. The fraction of sp³-hybridized carbons (Fsp3) is 0. The molecule has 0 aliphatic carbocycles. The first-order valence-electron chi connectivity index (χ1n) is 5.19. The van der Waals surface area contributed by atoms with Crippen LogP contribution in [0.4, 0.5) is 16.2 Å². The maximum atomic E-state index is 11.8. The van der Waals surface area contributed by atoms with Gasteiger partial charge in [0.2, 0.25) is 0 Å². The number of benzene rings is 1. The summed E-state index contributed by atoms with van der Waals surface area (Å²) in [4.78, 5) is 21.7. The Morgan fingerprint density at radius 1 is 1.11 bits per heavy atom. The molecular weight excluding hydrogens is 234 g/mol. The molecule has 0 unspecified atom stereocenters. The zero-order chi connectivity index (χ0) is 13.0. The van der Waals surface area contributed by atoms with Gasteiger partial charge in [0.05, 0.1) is 17.3 Å². The van der Waals surface area contributed by atoms with Crippen molar-refractivity contribution in [3.05, 3.63) is 65.0 Å². The van der Waals surface area contributed by atoms with Gasteiger partial charge in [-0.25, -0.2) is 5.32 Å². The highest BCUT2D eigenvalue weighted by molar-refractivity contribution is 5.82. The molecule has 0 saturated heterocycles. The maximum absolute atomic E-state index is 11.8. The fourth-order valence-electron chi connectivity index (χ4n) is 1.39. The van der Waals surface area contributed by atoms with Crippen LogP contribution in [0, 0.1) is 10.1 Å². The van der Waals surface area contributed by atoms with Gasteiger partial charge in [-0.1, -0.05) is 6.07 Å². The lowest BCUT2D eigenvalue weighted by molar-refractivity contribution is -0.567. The van der Waals surface area contributed by atoms with Gasteiger partial charge in [-0.15, -0.1) is 0 Å². The molecule has 1 N–H and O–H groups in total. The molecule has 6 heteroatoms. The van der Waals surface area contributed by atoms with Crippen molar-refractivity contribution in [3.8, 4) is 0 Å². The number of amides is 1. The van der Waals surface area contributed by atoms with E-state index in [-0.39, 0.29) is 11.7 Å². The zero-order valence-electron chi connectivity index (χ0n) is 9.32. The van der Waals surface area contributed by atoms with Crippen molar-refractivity contribution in [3.63, 3.8) is 0 Å². The maximum Gasteiger partial charge on any atom is 0.500 e. The average molecular weight is 244 g/mol. The standard InChI is InChI=1S/C12H9N3O3/c16-12(14-8-2-1-3-9-14)13-10-4-6-11(7-5-10)15(17)18/h1-9H/p+1. The number of rotatable bonds is 2. The SMILES string of the molecule is O=C(Nc1ccc([N+](=O)[O-])cc1)[n+]1ccccc1. The monoisotopic (exact) mass is 244 g/mol. The van der Waals surface area contributed by atoms with Crippen molar-refractivity contribution in [1.82, 2.24) is 0 Å². The summed E-state index contributed by atoms with van der Waals surface area (Å²) in [6, 6.07) is 10.6. The summed E-state index contributed by atoms with van der Waals surface area (Å²) in [5, 5.41) is 13.1. The number of aromatic nitrogens is 1. The van der Waals surface area contributed by atoms with E-state index in [9.17, 15) is 14.9 Å². The molecule has 1 aromatic carbocycles. The second-order valence-corrected chi connectivity index (χ2v) is 3.52. The van der Waals surface area contributed by atoms with Crippen LogP contribution in [0.25, 0.3) is 0 Å². The van der Waals surface area contributed by atoms with E-state index in [0.29, 0.717) is 5.69 Å². The Morgan fingerprint density at radius 2 is 1.72 bits per heavy atom. The average Bonchev–Trinajstić information content (AvgIpc) is 2.40. The molecule has 2 aromatic rings. The van der Waals surface area contributed by atoms with Crippen LogP contribution in [-0.2, 0) is 0 Å². The lowest BCUT2D eigenvalue weighted by Gasteiger charge is -1.98. The van der Waals surface area contributed by atoms with Crippen molar-refractivity contribution in [2.45, 2.75) is 0 Å². The summed E-state index contributed by atoms with van der Waals surface area (Å²) < 4.78 is 1.38. The molecule has 0 saturated carbocycles. The van der Waals surface area contributed by atoms with Crippen LogP contribution in [0.1, 0.15) is 0 Å². The van der Waals surface area contributed by atoms with Crippen molar-refractivity contribution >= 4 is 17.4 Å². The third-order valence-electron chi connectivity index (χ3n) is 2.28. The molecule has 1 heterocycles. The number of pyridine rings is 1. The van der Waals surface area contributed by atoms with Crippen molar-refractivity contribution in [2.75, 3.05) is 5.32 Å². The zero-order valence-corrected chi connectivity index (χ0v) is 9.32. The summed E-state index contributed by atoms with van der Waals surface area (Å²) in [5.41, 5.74) is 0.488. The number of carbonyl (C=O) groups is 1. The van der Waals surface area contributed by atoms with Crippen molar-refractivity contribution in [2.24, 2.45) is 0 Å². The molecule has 0 aliphatic rings. The van der Waals surface area contributed by atoms with Crippen molar-refractivity contribution < 1.29 is 14.3 Å². The van der Waals surface area contributed by atoms with Crippen LogP contribution in [0.15, 0.2) is 54.9 Å². The Bertz CT molecular complexity index is 567. The highest BCUT2D eigenvalue weighted by Crippen LogP contribution is 2.14. The van der Waals surface area contributed by atoms with Gasteiger partial charge in [-0.2, -0.15) is 9.36 Å². The first-order valence-corrected chi connectivity index (χ1v) is 5.19. The van der Waals surface area contributed by atoms with E-state index >= 15 is 0 Å². The van der Waals surface area contributed by atoms with E-state index in [2.05, 4.69) is 5.32 Å². The number of carbonyl (C=O) groups excluding carboxylic acids is 1. The summed E-state index contributed by atoms with van der Waals surface area (Å²) in [6.07, 6.45) is 3.22. The highest BCUT2D eigenvalue weighted by Gasteiger charge is 2.13. The largest absolute Gasteiger partial charge is 0.500 e. The number of hydrogen-bond donors (Lipinski definition) is 1. The van der Waals surface area contributed by atoms with Gasteiger partial charge >= 0.3 is 6.03 Å². The molecule has 0 fully saturated rings. The highest BCUT2D eigenvalue weighted by atomic mass is 16.6. The van der Waals surface area contributed by atoms with Crippen LogP contribution in [-0.4, -0.2) is 11.0 Å². The summed E-state index contributed by atoms with van der Waals surface area (Å²) in [5.74, 6) is 0. The smallest absolute Gasteiger partial charge is 0.258 e. The molecule has 6 nitrogen and oxygen atoms in total. The quantitative estimate of drug-likeness (QED) is 0.498. The normalized spacial score (nSPS) is 9.78. The molecule has 1 aromatic heterocycles. The summed E-state index contributed by atoms with van der Waals surface area (Å²) in [7, 11) is 0. The van der Waals surface area contributed by atoms with Crippen LogP contribution in [0.3, 0.4) is 0 Å². The molecule has 90 valence electrons. The first kappa shape index (κ1) is 11.7. The Kier molecular flexibility index (Phi) is 3.29. The number of nitro benzene ring substituents is 1. The lowest BCUT2D eigenvalue weighted by Crippen LogP contribution is -2.45. The van der Waals surface area contributed by atoms with Crippen LogP contribution < -0.4 is 9.88 Å². The number of anilines is 1. The lowest BCUT2D eigenvalue weighted by atomic mass is 10.3. The van der Waals surface area contributed by atoms with Gasteiger partial charge in [-0.3, -0.25) is 10.1 Å². The van der Waals surface area contributed by atoms with Gasteiger partial charge < -0.3 is 0 Å². The molecule has 0 radical (unpaired) electrons. The molecule has 0 aliphatic heterocycles. The Labute approximate surface area is 103 Å². The van der Waals surface area contributed by atoms with Crippen LogP contribution >= 0.6 is 0 Å². The third kappa shape index (κ3) is 2.67. The molecule has 2 rings (SSSR count). The molecule has 18 heavy (non-hydrogen) atoms. The second kappa shape index (κ2) is 5.05. The summed E-state index contributed by atoms with van der Waals surface area (Å²) in [6.45, 7) is 0. The van der Waals surface area contributed by atoms with Crippen LogP contribution in [0.2, 0.25) is 0 Å². The van der Waals surface area contributed by atoms with E-state index in [1.807, 2.05) is 0 Å². The van der Waals surface area contributed by atoms with Crippen LogP contribution in [0.5, 0.6) is 0 Å². The minimum atomic E-state index is -0.489. The number of non-ortho nitro benzene ring substituents is 1. The Hall–Kier alpha value is -2.76. The molecule has 0 atom stereocenters. The molecule has 1 amide bonds. The van der Waals surface area contributed by atoms with Gasteiger partial charge in [0.1, 0.15) is 5.69 Å². The topological polar surface area (TPSA) is 76.1 Å². The van der Waals surface area contributed by atoms with Gasteiger partial charge in [-0.05, 0) is 24.3 Å².